The zero-order valence-electron chi connectivity index (χ0n) is 36.3. The molecule has 2 aliphatic rings. The van der Waals surface area contributed by atoms with E-state index in [0.29, 0.717) is 40.2 Å². The van der Waals surface area contributed by atoms with Crippen LogP contribution in [-0.2, 0) is 9.59 Å². The number of rotatable bonds is 13. The van der Waals surface area contributed by atoms with Crippen molar-refractivity contribution in [2.45, 2.75) is 64.5 Å². The highest BCUT2D eigenvalue weighted by atomic mass is 79.9. The SMILES string of the molecule is CC(=O)Nc1ccc(-c2ncccn2)c(C(=O)N(C)[C@H]2CCC[C@@H]2COc2ccc(F)cc2)n1.CC(=O)Nc1ccc(Br)c(C(=O)O)n1.CN[C@H]1CCC[C@@H]1COc1ccc(F)cc1.Cl. The monoisotopic (exact) mass is 980 g/mol. The van der Waals surface area contributed by atoms with Crippen molar-refractivity contribution < 1.29 is 42.5 Å². The molecule has 4 N–H and O–H groups in total. The average molecular weight is 982 g/mol. The van der Waals surface area contributed by atoms with E-state index in [2.05, 4.69) is 51.8 Å². The Morgan fingerprint density at radius 3 is 1.78 bits per heavy atom. The van der Waals surface area contributed by atoms with Crippen molar-refractivity contribution in [1.29, 1.82) is 0 Å². The minimum Gasteiger partial charge on any atom is -0.493 e. The number of carbonyl (C=O) groups excluding carboxylic acids is 3. The van der Waals surface area contributed by atoms with Crippen LogP contribution in [-0.4, -0.2) is 93.0 Å². The molecule has 15 nitrogen and oxygen atoms in total. The van der Waals surface area contributed by atoms with Gasteiger partial charge in [0.05, 0.1) is 23.2 Å². The van der Waals surface area contributed by atoms with Crippen LogP contribution in [0, 0.1) is 23.5 Å². The van der Waals surface area contributed by atoms with Gasteiger partial charge in [0.2, 0.25) is 11.8 Å². The van der Waals surface area contributed by atoms with Gasteiger partial charge in [-0.3, -0.25) is 14.4 Å². The van der Waals surface area contributed by atoms with Crippen LogP contribution in [0.3, 0.4) is 0 Å². The summed E-state index contributed by atoms with van der Waals surface area (Å²) in [5.74, 6) is 0.380. The second-order valence-electron chi connectivity index (χ2n) is 15.1. The molecule has 3 aromatic heterocycles. The lowest BCUT2D eigenvalue weighted by Crippen LogP contribution is -2.41. The fraction of sp³-hybridized carbons (Fsp3) is 0.348. The van der Waals surface area contributed by atoms with Gasteiger partial charge in [-0.15, -0.1) is 12.4 Å². The van der Waals surface area contributed by atoms with Gasteiger partial charge in [0.1, 0.15) is 40.5 Å². The quantitative estimate of drug-likeness (QED) is 0.0880. The number of hydrogen-bond donors (Lipinski definition) is 4. The van der Waals surface area contributed by atoms with Crippen LogP contribution in [0.2, 0.25) is 0 Å². The number of aromatic nitrogens is 4. The van der Waals surface area contributed by atoms with Crippen LogP contribution in [0.4, 0.5) is 20.4 Å². The summed E-state index contributed by atoms with van der Waals surface area (Å²) in [4.78, 5) is 64.9. The second kappa shape index (κ2) is 25.4. The van der Waals surface area contributed by atoms with Crippen molar-refractivity contribution in [1.82, 2.24) is 30.2 Å². The molecule has 0 spiro atoms. The minimum absolute atomic E-state index is 0. The summed E-state index contributed by atoms with van der Waals surface area (Å²) in [6.45, 7) is 3.84. The Morgan fingerprint density at radius 1 is 0.738 bits per heavy atom. The summed E-state index contributed by atoms with van der Waals surface area (Å²) in [5.41, 5.74) is 0.532. The summed E-state index contributed by atoms with van der Waals surface area (Å²) in [6, 6.07) is 20.7. The molecule has 0 bridgehead atoms. The maximum absolute atomic E-state index is 13.6. The Bertz CT molecular complexity index is 2350. The summed E-state index contributed by atoms with van der Waals surface area (Å²) in [5, 5.41) is 17.1. The van der Waals surface area contributed by atoms with Gasteiger partial charge in [0.25, 0.3) is 5.91 Å². The van der Waals surface area contributed by atoms with E-state index in [1.54, 1.807) is 66.8 Å². The summed E-state index contributed by atoms with van der Waals surface area (Å²) in [7, 11) is 3.76. The molecule has 3 heterocycles. The first-order valence-electron chi connectivity index (χ1n) is 20.7. The number of aromatic carboxylic acids is 1. The van der Waals surface area contributed by atoms with Crippen molar-refractivity contribution >= 4 is 63.7 Å². The number of carboxylic acid groups (broad SMARTS) is 1. The van der Waals surface area contributed by atoms with E-state index >= 15 is 0 Å². The fourth-order valence-corrected chi connectivity index (χ4v) is 7.85. The van der Waals surface area contributed by atoms with E-state index in [0.717, 1.165) is 31.6 Å². The molecule has 7 rings (SSSR count). The molecule has 19 heteroatoms. The van der Waals surface area contributed by atoms with Crippen molar-refractivity contribution in [3.63, 3.8) is 0 Å². The number of benzene rings is 2. The van der Waals surface area contributed by atoms with E-state index < -0.39 is 5.97 Å². The Kier molecular flexibility index (Phi) is 20.1. The standard InChI is InChI=1S/C25H26FN5O3.C13H18FNO.C8H7BrN2O3.ClH/c1-16(32)29-22-12-11-20(24-27-13-4-14-28-24)23(30-22)25(33)31(2)21-6-3-5-17(21)15-34-19-9-7-18(26)8-10-19;1-15-13-4-2-3-10(13)9-16-12-7-5-11(14)6-8-12;1-4(12)10-6-3-2-5(9)7(11-6)8(13)14;/h4,7-14,17,21H,3,5-6,15H2,1-2H3,(H,29,30,32);5-8,10,13,15H,2-4,9H2,1H3;2-3H,1H3,(H,13,14)(H,10,11,12);1H/t17-,21+;10-,13+;;/m11../s1. The molecule has 0 radical (unpaired) electrons. The van der Waals surface area contributed by atoms with Crippen molar-refractivity contribution in [2.75, 3.05) is 37.9 Å². The van der Waals surface area contributed by atoms with Crippen LogP contribution in [0.25, 0.3) is 11.4 Å². The topological polar surface area (TPSA) is 198 Å². The maximum atomic E-state index is 13.6. The van der Waals surface area contributed by atoms with Crippen LogP contribution in [0.15, 0.2) is 95.7 Å². The number of nitrogens with one attached hydrogen (secondary N) is 3. The smallest absolute Gasteiger partial charge is 0.355 e. The predicted molar refractivity (Wildman–Crippen MR) is 247 cm³/mol. The highest BCUT2D eigenvalue weighted by Gasteiger charge is 2.35. The molecule has 2 aliphatic carbocycles. The van der Waals surface area contributed by atoms with Crippen molar-refractivity contribution in [3.05, 3.63) is 119 Å². The average Bonchev–Trinajstić information content (AvgIpc) is 3.96. The van der Waals surface area contributed by atoms with E-state index in [1.807, 2.05) is 7.05 Å². The molecule has 2 fully saturated rings. The lowest BCUT2D eigenvalue weighted by atomic mass is 10.0. The number of ether oxygens (including phenoxy) is 2. The molecule has 2 aromatic carbocycles. The molecule has 3 amide bonds. The first kappa shape index (κ1) is 51.5. The number of amides is 3. The number of carboxylic acids is 1. The number of pyridine rings is 2. The Balaban J connectivity index is 0.000000247. The molecule has 2 saturated carbocycles. The molecular weight excluding hydrogens is 930 g/mol. The van der Waals surface area contributed by atoms with Gasteiger partial charge in [-0.25, -0.2) is 33.5 Å². The molecule has 5 aromatic rings. The highest BCUT2D eigenvalue weighted by molar-refractivity contribution is 9.10. The van der Waals surface area contributed by atoms with E-state index in [9.17, 15) is 28.0 Å². The third-order valence-electron chi connectivity index (χ3n) is 10.6. The van der Waals surface area contributed by atoms with E-state index in [1.165, 1.54) is 69.5 Å². The number of nitrogens with zero attached hydrogens (tertiary/aromatic N) is 5. The van der Waals surface area contributed by atoms with Gasteiger partial charge in [-0.05, 0) is 128 Å². The Hall–Kier alpha value is -6.11. The van der Waals surface area contributed by atoms with Crippen LogP contribution in [0.1, 0.15) is 73.3 Å². The van der Waals surface area contributed by atoms with Gasteiger partial charge < -0.3 is 35.4 Å². The fourth-order valence-electron chi connectivity index (χ4n) is 7.46. The van der Waals surface area contributed by atoms with Gasteiger partial charge in [0.15, 0.2) is 11.5 Å². The van der Waals surface area contributed by atoms with Crippen LogP contribution >= 0.6 is 28.3 Å². The number of hydrogen-bond acceptors (Lipinski definition) is 11. The zero-order chi connectivity index (χ0) is 46.2. The van der Waals surface area contributed by atoms with E-state index in [-0.39, 0.29) is 76.7 Å². The summed E-state index contributed by atoms with van der Waals surface area (Å²) in [6.07, 6.45) is 9.63. The van der Waals surface area contributed by atoms with Gasteiger partial charge in [0, 0.05) is 57.2 Å². The predicted octanol–water partition coefficient (Wildman–Crippen LogP) is 8.47. The lowest BCUT2D eigenvalue weighted by Gasteiger charge is -2.30. The molecule has 0 saturated heterocycles. The third-order valence-corrected chi connectivity index (χ3v) is 11.2. The lowest BCUT2D eigenvalue weighted by molar-refractivity contribution is -0.115. The normalized spacial score (nSPS) is 17.2. The molecule has 346 valence electrons. The third kappa shape index (κ3) is 15.5. The highest BCUT2D eigenvalue weighted by Crippen LogP contribution is 2.32. The largest absolute Gasteiger partial charge is 0.493 e. The van der Waals surface area contributed by atoms with Gasteiger partial charge in [-0.2, -0.15) is 0 Å². The second-order valence-corrected chi connectivity index (χ2v) is 16.0. The van der Waals surface area contributed by atoms with Gasteiger partial charge in [-0.1, -0.05) is 12.8 Å². The molecule has 0 unspecified atom stereocenters. The number of anilines is 2. The minimum atomic E-state index is -1.15. The number of carbonyl (C=O) groups is 4. The molecular formula is C46H52BrClF2N8O7. The first-order valence-corrected chi connectivity index (χ1v) is 21.5. The molecule has 4 atom stereocenters. The molecule has 65 heavy (non-hydrogen) atoms. The van der Waals surface area contributed by atoms with E-state index in [4.69, 9.17) is 14.6 Å². The Labute approximate surface area is 390 Å². The van der Waals surface area contributed by atoms with Gasteiger partial charge >= 0.3 is 5.97 Å². The summed E-state index contributed by atoms with van der Waals surface area (Å²) >= 11 is 3.04. The van der Waals surface area contributed by atoms with Crippen molar-refractivity contribution in [2.24, 2.45) is 11.8 Å². The zero-order valence-corrected chi connectivity index (χ0v) is 38.7. The molecule has 0 aliphatic heterocycles. The van der Waals surface area contributed by atoms with Crippen molar-refractivity contribution in [3.8, 4) is 22.9 Å². The summed E-state index contributed by atoms with van der Waals surface area (Å²) < 4.78 is 37.8. The maximum Gasteiger partial charge on any atom is 0.355 e. The Morgan fingerprint density at radius 2 is 1.25 bits per heavy atom. The number of halogens is 4. The van der Waals surface area contributed by atoms with Crippen LogP contribution < -0.4 is 25.4 Å². The van der Waals surface area contributed by atoms with Crippen LogP contribution in [0.5, 0.6) is 11.5 Å². The first-order chi connectivity index (χ1) is 30.7.